The predicted octanol–water partition coefficient (Wildman–Crippen LogP) is 3.80. The van der Waals surface area contributed by atoms with E-state index in [0.29, 0.717) is 10.8 Å². The van der Waals surface area contributed by atoms with Crippen molar-refractivity contribution in [1.29, 1.82) is 0 Å². The number of halogens is 2. The molecule has 0 aliphatic carbocycles. The van der Waals surface area contributed by atoms with Gasteiger partial charge in [-0.3, -0.25) is 4.79 Å². The van der Waals surface area contributed by atoms with Crippen LogP contribution in [0.4, 0.5) is 10.1 Å². The molecule has 134 valence electrons. The van der Waals surface area contributed by atoms with Gasteiger partial charge in [-0.1, -0.05) is 41.1 Å². The SMILES string of the molecule is Cc1ccc(-n2nnnc2SCC(=O)Nc2ccc(F)cc2Cl)c(C)c1. The maximum absolute atomic E-state index is 13.1. The maximum Gasteiger partial charge on any atom is 0.234 e. The van der Waals surface area contributed by atoms with Crippen LogP contribution in [0.25, 0.3) is 5.69 Å². The molecule has 0 fully saturated rings. The Morgan fingerprint density at radius 2 is 2.08 bits per heavy atom. The zero-order valence-electron chi connectivity index (χ0n) is 14.0. The molecule has 0 unspecified atom stereocenters. The second-order valence-corrected chi connectivity index (χ2v) is 6.97. The monoisotopic (exact) mass is 391 g/mol. The number of nitrogens with zero attached hydrogens (tertiary/aromatic N) is 4. The van der Waals surface area contributed by atoms with Crippen LogP contribution in [-0.2, 0) is 4.79 Å². The fraction of sp³-hybridized carbons (Fsp3) is 0.176. The van der Waals surface area contributed by atoms with Crippen molar-refractivity contribution < 1.29 is 9.18 Å². The van der Waals surface area contributed by atoms with Gasteiger partial charge in [0.25, 0.3) is 0 Å². The van der Waals surface area contributed by atoms with Gasteiger partial charge in [-0.05, 0) is 54.1 Å². The van der Waals surface area contributed by atoms with E-state index in [1.54, 1.807) is 4.68 Å². The van der Waals surface area contributed by atoms with E-state index in [4.69, 9.17) is 11.6 Å². The molecule has 0 spiro atoms. The Balaban J connectivity index is 1.69. The average molecular weight is 392 g/mol. The van der Waals surface area contributed by atoms with E-state index in [2.05, 4.69) is 20.8 Å². The Morgan fingerprint density at radius 1 is 1.27 bits per heavy atom. The minimum Gasteiger partial charge on any atom is -0.324 e. The first-order chi connectivity index (χ1) is 12.4. The highest BCUT2D eigenvalue weighted by Gasteiger charge is 2.14. The molecule has 0 saturated heterocycles. The van der Waals surface area contributed by atoms with Crippen molar-refractivity contribution in [3.05, 3.63) is 58.4 Å². The third-order valence-electron chi connectivity index (χ3n) is 3.56. The number of rotatable bonds is 5. The summed E-state index contributed by atoms with van der Waals surface area (Å²) in [6.07, 6.45) is 0. The molecule has 1 aromatic heterocycles. The highest BCUT2D eigenvalue weighted by Crippen LogP contribution is 2.24. The molecule has 6 nitrogen and oxygen atoms in total. The summed E-state index contributed by atoms with van der Waals surface area (Å²) in [5, 5.41) is 15.0. The number of anilines is 1. The molecule has 1 amide bonds. The van der Waals surface area contributed by atoms with E-state index < -0.39 is 5.82 Å². The summed E-state index contributed by atoms with van der Waals surface area (Å²) in [7, 11) is 0. The minimum atomic E-state index is -0.463. The lowest BCUT2D eigenvalue weighted by molar-refractivity contribution is -0.113. The van der Waals surface area contributed by atoms with Crippen molar-refractivity contribution in [2.75, 3.05) is 11.1 Å². The lowest BCUT2D eigenvalue weighted by Crippen LogP contribution is -2.15. The number of benzene rings is 2. The van der Waals surface area contributed by atoms with Crippen molar-refractivity contribution in [3.63, 3.8) is 0 Å². The van der Waals surface area contributed by atoms with Crippen molar-refractivity contribution in [3.8, 4) is 5.69 Å². The van der Waals surface area contributed by atoms with Crippen LogP contribution in [0.1, 0.15) is 11.1 Å². The molecule has 2 aromatic carbocycles. The zero-order valence-corrected chi connectivity index (χ0v) is 15.6. The number of aromatic nitrogens is 4. The molecule has 0 radical (unpaired) electrons. The molecule has 26 heavy (non-hydrogen) atoms. The summed E-state index contributed by atoms with van der Waals surface area (Å²) >= 11 is 7.11. The molecular formula is C17H15ClFN5OS. The fourth-order valence-corrected chi connectivity index (χ4v) is 3.27. The average Bonchev–Trinajstić information content (AvgIpc) is 3.04. The van der Waals surface area contributed by atoms with Gasteiger partial charge in [0, 0.05) is 0 Å². The van der Waals surface area contributed by atoms with E-state index >= 15 is 0 Å². The molecule has 0 bridgehead atoms. The molecule has 0 aliphatic heterocycles. The Kier molecular flexibility index (Phi) is 5.53. The zero-order chi connectivity index (χ0) is 18.7. The molecule has 3 aromatic rings. The largest absolute Gasteiger partial charge is 0.324 e. The number of aryl methyl sites for hydroxylation is 2. The number of carbonyl (C=O) groups is 1. The number of hydrogen-bond acceptors (Lipinski definition) is 5. The molecule has 0 atom stereocenters. The van der Waals surface area contributed by atoms with Crippen LogP contribution < -0.4 is 5.32 Å². The van der Waals surface area contributed by atoms with Gasteiger partial charge >= 0.3 is 0 Å². The molecule has 0 aliphatic rings. The van der Waals surface area contributed by atoms with Crippen LogP contribution in [0.15, 0.2) is 41.6 Å². The first-order valence-corrected chi connectivity index (χ1v) is 9.04. The second-order valence-electron chi connectivity index (χ2n) is 5.62. The Morgan fingerprint density at radius 3 is 2.81 bits per heavy atom. The summed E-state index contributed by atoms with van der Waals surface area (Å²) in [5.74, 6) is -0.674. The van der Waals surface area contributed by atoms with Gasteiger partial charge in [0.15, 0.2) is 0 Å². The van der Waals surface area contributed by atoms with E-state index in [9.17, 15) is 9.18 Å². The Labute approximate surface area is 158 Å². The number of amides is 1. The number of tetrazole rings is 1. The first kappa shape index (κ1) is 18.3. The smallest absolute Gasteiger partial charge is 0.234 e. The molecule has 1 heterocycles. The van der Waals surface area contributed by atoms with Crippen LogP contribution in [-0.4, -0.2) is 31.9 Å². The summed E-state index contributed by atoms with van der Waals surface area (Å²) in [6.45, 7) is 3.98. The molecule has 0 saturated carbocycles. The fourth-order valence-electron chi connectivity index (χ4n) is 2.37. The molecule has 9 heteroatoms. The number of hydrogen-bond donors (Lipinski definition) is 1. The Hall–Kier alpha value is -2.45. The number of nitrogens with one attached hydrogen (secondary N) is 1. The standard InChI is InChI=1S/C17H15ClFN5OS/c1-10-3-6-15(11(2)7-10)24-17(21-22-23-24)26-9-16(25)20-14-5-4-12(19)8-13(14)18/h3-8H,9H2,1-2H3,(H,20,25). The molecule has 1 N–H and O–H groups in total. The second kappa shape index (κ2) is 7.84. The van der Waals surface area contributed by atoms with Gasteiger partial charge in [-0.25, -0.2) is 4.39 Å². The van der Waals surface area contributed by atoms with Crippen LogP contribution >= 0.6 is 23.4 Å². The van der Waals surface area contributed by atoms with E-state index in [1.807, 2.05) is 32.0 Å². The minimum absolute atomic E-state index is 0.0823. The topological polar surface area (TPSA) is 72.7 Å². The van der Waals surface area contributed by atoms with Crippen molar-refractivity contribution >= 4 is 35.0 Å². The summed E-state index contributed by atoms with van der Waals surface area (Å²) in [6, 6.07) is 9.74. The summed E-state index contributed by atoms with van der Waals surface area (Å²) in [5.41, 5.74) is 3.38. The van der Waals surface area contributed by atoms with E-state index in [1.165, 1.54) is 23.9 Å². The molecule has 3 rings (SSSR count). The number of thioether (sulfide) groups is 1. The third-order valence-corrected chi connectivity index (χ3v) is 4.79. The van der Waals surface area contributed by atoms with Gasteiger partial charge in [-0.2, -0.15) is 4.68 Å². The van der Waals surface area contributed by atoms with Crippen LogP contribution in [0.5, 0.6) is 0 Å². The first-order valence-electron chi connectivity index (χ1n) is 7.68. The van der Waals surface area contributed by atoms with Gasteiger partial charge < -0.3 is 5.32 Å². The van der Waals surface area contributed by atoms with Gasteiger partial charge in [0.1, 0.15) is 5.82 Å². The van der Waals surface area contributed by atoms with Crippen LogP contribution in [0, 0.1) is 19.7 Å². The van der Waals surface area contributed by atoms with E-state index in [0.717, 1.165) is 22.9 Å². The maximum atomic E-state index is 13.1. The highest BCUT2D eigenvalue weighted by atomic mass is 35.5. The normalized spacial score (nSPS) is 10.8. The lowest BCUT2D eigenvalue weighted by Gasteiger charge is -2.09. The summed E-state index contributed by atoms with van der Waals surface area (Å²) < 4.78 is 14.7. The van der Waals surface area contributed by atoms with Gasteiger partial charge in [0.2, 0.25) is 11.1 Å². The highest BCUT2D eigenvalue weighted by molar-refractivity contribution is 7.99. The van der Waals surface area contributed by atoms with Crippen molar-refractivity contribution in [2.24, 2.45) is 0 Å². The summed E-state index contributed by atoms with van der Waals surface area (Å²) in [4.78, 5) is 12.1. The predicted molar refractivity (Wildman–Crippen MR) is 99.4 cm³/mol. The van der Waals surface area contributed by atoms with E-state index in [-0.39, 0.29) is 16.7 Å². The van der Waals surface area contributed by atoms with Crippen molar-refractivity contribution in [2.45, 2.75) is 19.0 Å². The lowest BCUT2D eigenvalue weighted by atomic mass is 10.1. The molecular weight excluding hydrogens is 377 g/mol. The Bertz CT molecular complexity index is 962. The quantitative estimate of drug-likeness (QED) is 0.669. The van der Waals surface area contributed by atoms with Crippen LogP contribution in [0.3, 0.4) is 0 Å². The van der Waals surface area contributed by atoms with Gasteiger partial charge in [-0.15, -0.1) is 5.10 Å². The van der Waals surface area contributed by atoms with Crippen molar-refractivity contribution in [1.82, 2.24) is 20.2 Å². The van der Waals surface area contributed by atoms with Crippen LogP contribution in [0.2, 0.25) is 5.02 Å². The third kappa shape index (κ3) is 4.20. The van der Waals surface area contributed by atoms with Gasteiger partial charge in [0.05, 0.1) is 22.2 Å². The number of carbonyl (C=O) groups excluding carboxylic acids is 1.